The predicted molar refractivity (Wildman–Crippen MR) is 28.4 cm³/mol. The maximum atomic E-state index is 4.20. The number of halogens is 1. The Morgan fingerprint density at radius 2 is 2.25 bits per heavy atom. The summed E-state index contributed by atoms with van der Waals surface area (Å²) in [6, 6.07) is 0. The van der Waals surface area contributed by atoms with Gasteiger partial charge in [-0.15, -0.1) is 0 Å². The van der Waals surface area contributed by atoms with Gasteiger partial charge in [-0.1, -0.05) is 0 Å². The number of rotatable bonds is 1. The summed E-state index contributed by atoms with van der Waals surface area (Å²) in [5, 5.41) is 0. The molecule has 0 aromatic heterocycles. The Morgan fingerprint density at radius 3 is 2.25 bits per heavy atom. The van der Waals surface area contributed by atoms with Gasteiger partial charge in [0, 0.05) is 0 Å². The van der Waals surface area contributed by atoms with E-state index in [0.29, 0.717) is 0 Å². The average molecular weight is 186 g/mol. The molecule has 0 rings (SSSR count). The molecule has 0 fully saturated rings. The zero-order valence-corrected chi connectivity index (χ0v) is 4.75. The van der Waals surface area contributed by atoms with Gasteiger partial charge in [-0.05, 0) is 0 Å². The maximum absolute atomic E-state index is 4.20. The first-order chi connectivity index (χ1) is 1.91. The first kappa shape index (κ1) is 4.81. The van der Waals surface area contributed by atoms with E-state index in [1.54, 1.807) is 23.0 Å². The molecule has 4 heteroatoms. The van der Waals surface area contributed by atoms with E-state index in [1.165, 1.54) is 6.36 Å². The molecule has 0 radical (unpaired) electrons. The van der Waals surface area contributed by atoms with Crippen molar-refractivity contribution in [1.29, 1.82) is 0 Å². The van der Waals surface area contributed by atoms with Gasteiger partial charge in [-0.25, -0.2) is 0 Å². The molecule has 0 N–H and O–H groups in total. The summed E-state index contributed by atoms with van der Waals surface area (Å²) in [6.45, 7) is 0. The van der Waals surface area contributed by atoms with Crippen LogP contribution in [0.5, 0.6) is 0 Å². The van der Waals surface area contributed by atoms with Gasteiger partial charge < -0.3 is 0 Å². The van der Waals surface area contributed by atoms with Crippen molar-refractivity contribution in [2.45, 2.75) is 0 Å². The summed E-state index contributed by atoms with van der Waals surface area (Å²) in [5.41, 5.74) is 0. The SMILES string of the molecule is S=BOI. The van der Waals surface area contributed by atoms with Crippen LogP contribution in [-0.2, 0) is 2.98 Å². The predicted octanol–water partition coefficient (Wildman–Crippen LogP) is 1.08. The van der Waals surface area contributed by atoms with Crippen molar-refractivity contribution in [2.75, 3.05) is 0 Å². The van der Waals surface area contributed by atoms with E-state index in [2.05, 4.69) is 15.0 Å². The van der Waals surface area contributed by atoms with Crippen molar-refractivity contribution in [3.63, 3.8) is 0 Å². The molecular formula is BIOS. The first-order valence-electron chi connectivity index (χ1n) is 0.626. The first-order valence-corrected chi connectivity index (χ1v) is 1.98. The molecule has 0 aliphatic carbocycles. The molecule has 0 heterocycles. The van der Waals surface area contributed by atoms with Crippen LogP contribution in [0, 0.1) is 0 Å². The molecule has 0 bridgehead atoms. The molecule has 0 saturated carbocycles. The third-order valence-corrected chi connectivity index (χ3v) is 0.732. The van der Waals surface area contributed by atoms with Gasteiger partial charge in [-0.3, -0.25) is 0 Å². The molecule has 0 spiro atoms. The second-order valence-corrected chi connectivity index (χ2v) is 0.886. The van der Waals surface area contributed by atoms with Gasteiger partial charge >= 0.3 is 44.4 Å². The monoisotopic (exact) mass is 186 g/mol. The molecular weight excluding hydrogens is 186 g/mol. The molecule has 0 aliphatic heterocycles. The van der Waals surface area contributed by atoms with Crippen LogP contribution < -0.4 is 0 Å². The Balaban J connectivity index is 2.30. The van der Waals surface area contributed by atoms with Crippen LogP contribution in [0.4, 0.5) is 0 Å². The topological polar surface area (TPSA) is 9.23 Å². The van der Waals surface area contributed by atoms with Gasteiger partial charge in [0.05, 0.1) is 0 Å². The van der Waals surface area contributed by atoms with E-state index in [-0.39, 0.29) is 0 Å². The van der Waals surface area contributed by atoms with E-state index in [0.717, 1.165) is 0 Å². The van der Waals surface area contributed by atoms with Gasteiger partial charge in [0.15, 0.2) is 0 Å². The molecule has 0 aliphatic rings. The normalized spacial score (nSPS) is 4.25. The van der Waals surface area contributed by atoms with E-state index in [1.807, 2.05) is 0 Å². The molecule has 0 saturated heterocycles. The summed E-state index contributed by atoms with van der Waals surface area (Å²) in [6.07, 6.45) is 1.20. The Bertz CT molecular complexity index is 22.0. The third-order valence-electron chi connectivity index (χ3n) is 0.0364. The molecule has 0 unspecified atom stereocenters. The van der Waals surface area contributed by atoms with Crippen molar-refractivity contribution >= 4 is 41.4 Å². The minimum atomic E-state index is 1.20. The van der Waals surface area contributed by atoms with Gasteiger partial charge in [0.25, 0.3) is 0 Å². The Labute approximate surface area is 44.5 Å². The van der Waals surface area contributed by atoms with Gasteiger partial charge in [-0.2, -0.15) is 0 Å². The van der Waals surface area contributed by atoms with E-state index in [4.69, 9.17) is 0 Å². The zero-order valence-electron chi connectivity index (χ0n) is 1.77. The molecule has 0 atom stereocenters. The number of hydrogen-bond donors (Lipinski definition) is 0. The van der Waals surface area contributed by atoms with E-state index in [9.17, 15) is 0 Å². The Kier molecular flexibility index (Phi) is 4.59. The van der Waals surface area contributed by atoms with Crippen molar-refractivity contribution in [1.82, 2.24) is 0 Å². The second-order valence-electron chi connectivity index (χ2n) is 0.185. The van der Waals surface area contributed by atoms with Crippen LogP contribution in [0.15, 0.2) is 0 Å². The van der Waals surface area contributed by atoms with Gasteiger partial charge in [0.1, 0.15) is 0 Å². The Morgan fingerprint density at radius 1 is 2.00 bits per heavy atom. The fourth-order valence-corrected chi connectivity index (χ4v) is 0. The van der Waals surface area contributed by atoms with Crippen molar-refractivity contribution in [3.05, 3.63) is 0 Å². The second kappa shape index (κ2) is 3.81. The molecule has 22 valence electrons. The fraction of sp³-hybridized carbons (Fsp3) is 0. The van der Waals surface area contributed by atoms with Crippen LogP contribution in [0.25, 0.3) is 0 Å². The molecule has 0 amide bonds. The van der Waals surface area contributed by atoms with Crippen LogP contribution in [0.1, 0.15) is 0 Å². The standard InChI is InChI=1S/BIOS/c2-3-1-4. The van der Waals surface area contributed by atoms with Crippen molar-refractivity contribution in [3.8, 4) is 0 Å². The third kappa shape index (κ3) is 2.81. The van der Waals surface area contributed by atoms with Crippen LogP contribution in [-0.4, -0.2) is 6.36 Å². The molecule has 1 nitrogen and oxygen atoms in total. The van der Waals surface area contributed by atoms with Crippen LogP contribution in [0.2, 0.25) is 0 Å². The van der Waals surface area contributed by atoms with E-state index < -0.39 is 0 Å². The summed E-state index contributed by atoms with van der Waals surface area (Å²) in [4.78, 5) is 0. The van der Waals surface area contributed by atoms with Crippen LogP contribution in [0.3, 0.4) is 0 Å². The number of hydrogen-bond acceptors (Lipinski definition) is 2. The quantitative estimate of drug-likeness (QED) is 0.447. The summed E-state index contributed by atoms with van der Waals surface area (Å²) in [5.74, 6) is 0. The summed E-state index contributed by atoms with van der Waals surface area (Å²) in [7, 11) is 0. The fourth-order valence-electron chi connectivity index (χ4n) is 0. The minimum absolute atomic E-state index is 1.20. The Hall–Kier alpha value is 0.815. The van der Waals surface area contributed by atoms with Crippen molar-refractivity contribution < 1.29 is 2.98 Å². The summed E-state index contributed by atoms with van der Waals surface area (Å²) < 4.78 is 4.20. The van der Waals surface area contributed by atoms with E-state index >= 15 is 0 Å². The molecule has 0 aromatic rings. The van der Waals surface area contributed by atoms with Gasteiger partial charge in [0.2, 0.25) is 0 Å². The molecule has 4 heavy (non-hydrogen) atoms. The van der Waals surface area contributed by atoms with Crippen molar-refractivity contribution in [2.24, 2.45) is 0 Å². The average Bonchev–Trinajstić information content (AvgIpc) is 1.37. The molecule has 0 aromatic carbocycles. The van der Waals surface area contributed by atoms with Crippen LogP contribution >= 0.6 is 35.1 Å². The zero-order chi connectivity index (χ0) is 3.41. The summed E-state index contributed by atoms with van der Waals surface area (Å²) >= 11 is 5.89.